The van der Waals surface area contributed by atoms with Gasteiger partial charge in [0, 0.05) is 41.8 Å². The van der Waals surface area contributed by atoms with Gasteiger partial charge in [-0.15, -0.1) is 6.58 Å². The highest BCUT2D eigenvalue weighted by molar-refractivity contribution is 6.32. The molecule has 3 aromatic rings. The maximum atomic E-state index is 15.3. The Balaban J connectivity index is 1.33. The molecule has 2 aliphatic rings. The van der Waals surface area contributed by atoms with E-state index in [-0.39, 0.29) is 18.5 Å². The predicted octanol–water partition coefficient (Wildman–Crippen LogP) is 3.69. The predicted molar refractivity (Wildman–Crippen MR) is 129 cm³/mol. The van der Waals surface area contributed by atoms with Crippen LogP contribution in [0, 0.1) is 0 Å². The van der Waals surface area contributed by atoms with Gasteiger partial charge in [0.2, 0.25) is 5.95 Å². The molecule has 0 saturated carbocycles. The van der Waals surface area contributed by atoms with E-state index in [1.807, 2.05) is 27.9 Å². The summed E-state index contributed by atoms with van der Waals surface area (Å²) >= 11 is 6.57. The van der Waals surface area contributed by atoms with Gasteiger partial charge in [-0.1, -0.05) is 17.7 Å². The molecule has 0 amide bonds. The van der Waals surface area contributed by atoms with Gasteiger partial charge in [0.25, 0.3) is 0 Å². The van der Waals surface area contributed by atoms with Crippen molar-refractivity contribution < 1.29 is 14.2 Å². The Hall–Kier alpha value is -2.59. The second-order valence-corrected chi connectivity index (χ2v) is 9.31. The van der Waals surface area contributed by atoms with Crippen LogP contribution in [0.1, 0.15) is 24.3 Å². The second-order valence-electron chi connectivity index (χ2n) is 8.90. The molecule has 0 spiro atoms. The Morgan fingerprint density at radius 3 is 2.97 bits per heavy atom. The van der Waals surface area contributed by atoms with Crippen LogP contribution in [0.2, 0.25) is 5.02 Å². The molecule has 0 bridgehead atoms. The zero-order valence-corrected chi connectivity index (χ0v) is 19.5. The Labute approximate surface area is 202 Å². The number of aliphatic hydroxyl groups excluding tert-OH is 1. The number of aromatic nitrogens is 4. The van der Waals surface area contributed by atoms with Crippen LogP contribution in [0.5, 0.6) is 0 Å². The number of likely N-dealkylation sites (tertiary alicyclic amines) is 1. The number of nitrogens with zero attached hydrogens (tertiary/aromatic N) is 5. The van der Waals surface area contributed by atoms with Crippen LogP contribution in [0.4, 0.5) is 16.0 Å². The van der Waals surface area contributed by atoms with Crippen molar-refractivity contribution in [2.75, 3.05) is 31.6 Å². The smallest absolute Gasteiger partial charge is 0.227 e. The number of piperidine rings is 1. The Bertz CT molecular complexity index is 1170. The van der Waals surface area contributed by atoms with Crippen molar-refractivity contribution in [2.24, 2.45) is 0 Å². The molecule has 4 atom stereocenters. The number of nitrogens with one attached hydrogen (secondary N) is 1. The number of halogens is 2. The van der Waals surface area contributed by atoms with E-state index in [2.05, 4.69) is 27.0 Å². The normalized spacial score (nSPS) is 25.6. The highest BCUT2D eigenvalue weighted by Crippen LogP contribution is 2.37. The molecule has 2 N–H and O–H groups in total. The summed E-state index contributed by atoms with van der Waals surface area (Å²) in [6.45, 7) is 6.15. The molecule has 1 aromatic carbocycles. The lowest BCUT2D eigenvalue weighted by molar-refractivity contribution is 0.0353. The van der Waals surface area contributed by atoms with Gasteiger partial charge in [-0.25, -0.2) is 14.4 Å². The molecule has 5 rings (SSSR count). The van der Waals surface area contributed by atoms with E-state index in [9.17, 15) is 5.11 Å². The van der Waals surface area contributed by atoms with Crippen molar-refractivity contribution in [3.63, 3.8) is 0 Å². The fourth-order valence-corrected chi connectivity index (χ4v) is 5.09. The zero-order valence-electron chi connectivity index (χ0n) is 18.8. The molecular weight excluding hydrogens is 459 g/mol. The minimum atomic E-state index is -1.10. The fraction of sp³-hybridized carbons (Fsp3) is 0.458. The SMILES string of the molecule is C=CCCn1cc(Nc2ncc3cc(Cl)c([C@@H]4CCN([C@H]5COC[C@H]5O)C[C@H]4F)cc3n2)cn1. The number of hydrogen-bond acceptors (Lipinski definition) is 7. The van der Waals surface area contributed by atoms with Gasteiger partial charge < -0.3 is 15.2 Å². The number of alkyl halides is 1. The summed E-state index contributed by atoms with van der Waals surface area (Å²) in [5, 5.41) is 18.9. The summed E-state index contributed by atoms with van der Waals surface area (Å²) < 4.78 is 22.5. The Morgan fingerprint density at radius 2 is 2.21 bits per heavy atom. The summed E-state index contributed by atoms with van der Waals surface area (Å²) in [4.78, 5) is 11.0. The van der Waals surface area contributed by atoms with Crippen LogP contribution in [0.3, 0.4) is 0 Å². The maximum Gasteiger partial charge on any atom is 0.227 e. The number of fused-ring (bicyclic) bond motifs is 1. The molecule has 180 valence electrons. The third kappa shape index (κ3) is 4.79. The van der Waals surface area contributed by atoms with Gasteiger partial charge in [0.05, 0.1) is 42.8 Å². The molecule has 34 heavy (non-hydrogen) atoms. The third-order valence-electron chi connectivity index (χ3n) is 6.61. The van der Waals surface area contributed by atoms with Gasteiger partial charge in [-0.05, 0) is 37.1 Å². The number of aryl methyl sites for hydroxylation is 1. The molecule has 4 heterocycles. The average Bonchev–Trinajstić information content (AvgIpc) is 3.46. The van der Waals surface area contributed by atoms with E-state index in [1.165, 1.54) is 0 Å². The molecule has 2 fully saturated rings. The maximum absolute atomic E-state index is 15.3. The molecule has 0 radical (unpaired) electrons. The molecule has 8 nitrogen and oxygen atoms in total. The van der Waals surface area contributed by atoms with Crippen molar-refractivity contribution >= 4 is 34.1 Å². The van der Waals surface area contributed by atoms with Gasteiger partial charge in [0.1, 0.15) is 6.17 Å². The number of aliphatic hydroxyl groups is 1. The zero-order chi connectivity index (χ0) is 23.7. The molecule has 2 aliphatic heterocycles. The van der Waals surface area contributed by atoms with E-state index in [4.69, 9.17) is 16.3 Å². The van der Waals surface area contributed by atoms with Crippen molar-refractivity contribution in [3.05, 3.63) is 54.0 Å². The summed E-state index contributed by atoms with van der Waals surface area (Å²) in [6.07, 6.45) is 6.94. The lowest BCUT2D eigenvalue weighted by Crippen LogP contribution is -2.50. The average molecular weight is 487 g/mol. The minimum absolute atomic E-state index is 0.145. The van der Waals surface area contributed by atoms with Crippen LogP contribution in [0.25, 0.3) is 10.9 Å². The van der Waals surface area contributed by atoms with Gasteiger partial charge in [-0.3, -0.25) is 9.58 Å². The van der Waals surface area contributed by atoms with E-state index in [0.29, 0.717) is 42.7 Å². The van der Waals surface area contributed by atoms with Crippen molar-refractivity contribution in [2.45, 2.75) is 43.6 Å². The van der Waals surface area contributed by atoms with Crippen LogP contribution in [0.15, 0.2) is 43.4 Å². The van der Waals surface area contributed by atoms with Gasteiger partial charge >= 0.3 is 0 Å². The van der Waals surface area contributed by atoms with Crippen molar-refractivity contribution in [1.29, 1.82) is 0 Å². The lowest BCUT2D eigenvalue weighted by atomic mass is 9.86. The highest BCUT2D eigenvalue weighted by Gasteiger charge is 2.39. The second kappa shape index (κ2) is 9.95. The topological polar surface area (TPSA) is 88.3 Å². The summed E-state index contributed by atoms with van der Waals surface area (Å²) in [7, 11) is 0. The first kappa shape index (κ1) is 23.2. The van der Waals surface area contributed by atoms with E-state index >= 15 is 4.39 Å². The van der Waals surface area contributed by atoms with E-state index < -0.39 is 12.3 Å². The van der Waals surface area contributed by atoms with E-state index in [0.717, 1.165) is 29.6 Å². The van der Waals surface area contributed by atoms with E-state index in [1.54, 1.807) is 18.5 Å². The molecule has 2 aromatic heterocycles. The fourth-order valence-electron chi connectivity index (χ4n) is 4.77. The summed E-state index contributed by atoms with van der Waals surface area (Å²) in [5.41, 5.74) is 2.24. The first-order valence-corrected chi connectivity index (χ1v) is 11.9. The molecule has 0 unspecified atom stereocenters. The molecular formula is C24H28ClFN6O2. The minimum Gasteiger partial charge on any atom is -0.389 e. The third-order valence-corrected chi connectivity index (χ3v) is 6.94. The highest BCUT2D eigenvalue weighted by atomic mass is 35.5. The first-order chi connectivity index (χ1) is 16.5. The molecule has 0 aliphatic carbocycles. The Kier molecular flexibility index (Phi) is 6.78. The number of ether oxygens (including phenoxy) is 1. The Morgan fingerprint density at radius 1 is 1.32 bits per heavy atom. The summed E-state index contributed by atoms with van der Waals surface area (Å²) in [5.74, 6) is 0.105. The first-order valence-electron chi connectivity index (χ1n) is 11.5. The summed E-state index contributed by atoms with van der Waals surface area (Å²) in [6, 6.07) is 3.53. The number of hydrogen-bond donors (Lipinski definition) is 2. The number of benzene rings is 1. The number of allylic oxidation sites excluding steroid dienone is 1. The number of anilines is 2. The van der Waals surface area contributed by atoms with Crippen molar-refractivity contribution in [1.82, 2.24) is 24.6 Å². The van der Waals surface area contributed by atoms with Gasteiger partial charge in [-0.2, -0.15) is 5.10 Å². The largest absolute Gasteiger partial charge is 0.389 e. The lowest BCUT2D eigenvalue weighted by Gasteiger charge is -2.39. The number of rotatable bonds is 7. The standard InChI is InChI=1S/C24H28ClFN6O2/c1-2-3-5-32-11-16(10-28-32)29-24-27-9-15-7-19(25)18(8-21(15)30-24)17-4-6-31(12-20(17)26)22-13-34-14-23(22)33/h2,7-11,17,20,22-23,33H,1,3-6,12-14H2,(H,27,29,30)/t17-,20+,22-,23+/m0/s1. The quantitative estimate of drug-likeness (QED) is 0.492. The monoisotopic (exact) mass is 486 g/mol. The molecule has 10 heteroatoms. The molecule has 2 saturated heterocycles. The van der Waals surface area contributed by atoms with Crippen LogP contribution >= 0.6 is 11.6 Å². The van der Waals surface area contributed by atoms with Crippen molar-refractivity contribution in [3.8, 4) is 0 Å². The van der Waals surface area contributed by atoms with Gasteiger partial charge in [0.15, 0.2) is 0 Å². The van der Waals surface area contributed by atoms with Crippen LogP contribution in [-0.2, 0) is 11.3 Å². The van der Waals surface area contributed by atoms with Crippen LogP contribution < -0.4 is 5.32 Å². The van der Waals surface area contributed by atoms with Crippen LogP contribution in [-0.4, -0.2) is 74.4 Å².